The second-order valence-electron chi connectivity index (χ2n) is 10.1. The Morgan fingerprint density at radius 1 is 1.12 bits per heavy atom. The highest BCUT2D eigenvalue weighted by Gasteiger charge is 2.34. The minimum atomic E-state index is -0.657. The van der Waals surface area contributed by atoms with Crippen molar-refractivity contribution >= 4 is 46.6 Å². The van der Waals surface area contributed by atoms with Crippen LogP contribution in [0, 0.1) is 0 Å². The van der Waals surface area contributed by atoms with Crippen LogP contribution in [0.2, 0.25) is 10.0 Å². The fourth-order valence-corrected chi connectivity index (χ4v) is 6.39. The van der Waals surface area contributed by atoms with Crippen molar-refractivity contribution < 1.29 is 13.9 Å². The van der Waals surface area contributed by atoms with E-state index in [2.05, 4.69) is 13.8 Å². The summed E-state index contributed by atoms with van der Waals surface area (Å²) in [5, 5.41) is 1.00. The molecule has 4 aromatic rings. The Morgan fingerprint density at radius 2 is 1.88 bits per heavy atom. The van der Waals surface area contributed by atoms with Gasteiger partial charge in [0.05, 0.1) is 33.5 Å². The number of esters is 1. The Balaban J connectivity index is 1.66. The fraction of sp³-hybridized carbons (Fsp3) is 0.281. The smallest absolute Gasteiger partial charge is 0.338 e. The number of thiazole rings is 1. The SMILES string of the molecule is CCCC1=C(C(=O)OCC)[C@H](c2ccc(C(C)C)cc2)n2c(s/c(=C\c3ccc(-c4ccc(Cl)cc4Cl)o3)c2=O)=N1. The van der Waals surface area contributed by atoms with E-state index in [1.54, 1.807) is 47.9 Å². The second kappa shape index (κ2) is 12.2. The van der Waals surface area contributed by atoms with Crippen molar-refractivity contribution in [2.45, 2.75) is 52.5 Å². The first-order valence-electron chi connectivity index (χ1n) is 13.6. The molecule has 0 saturated heterocycles. The van der Waals surface area contributed by atoms with Crippen LogP contribution in [-0.4, -0.2) is 17.1 Å². The number of hydrogen-bond donors (Lipinski definition) is 0. The highest BCUT2D eigenvalue weighted by molar-refractivity contribution is 7.07. The van der Waals surface area contributed by atoms with E-state index in [0.29, 0.717) is 60.1 Å². The lowest BCUT2D eigenvalue weighted by Gasteiger charge is -2.26. The Labute approximate surface area is 252 Å². The molecule has 0 radical (unpaired) electrons. The van der Waals surface area contributed by atoms with E-state index >= 15 is 0 Å². The highest BCUT2D eigenvalue weighted by Crippen LogP contribution is 2.34. The Bertz CT molecular complexity index is 1810. The number of nitrogens with zero attached hydrogens (tertiary/aromatic N) is 2. The normalized spacial score (nSPS) is 15.3. The van der Waals surface area contributed by atoms with Crippen LogP contribution >= 0.6 is 34.5 Å². The van der Waals surface area contributed by atoms with Gasteiger partial charge in [-0.05, 0) is 60.7 Å². The summed E-state index contributed by atoms with van der Waals surface area (Å²) in [4.78, 5) is 32.7. The average Bonchev–Trinajstić information content (AvgIpc) is 3.52. The van der Waals surface area contributed by atoms with Crippen LogP contribution in [0.3, 0.4) is 0 Å². The first kappa shape index (κ1) is 29.1. The van der Waals surface area contributed by atoms with Crippen LogP contribution in [-0.2, 0) is 9.53 Å². The summed E-state index contributed by atoms with van der Waals surface area (Å²) in [5.74, 6) is 0.946. The number of furan rings is 1. The maximum Gasteiger partial charge on any atom is 0.338 e. The Kier molecular flexibility index (Phi) is 8.68. The second-order valence-corrected chi connectivity index (χ2v) is 11.9. The topological polar surface area (TPSA) is 73.8 Å². The average molecular weight is 610 g/mol. The lowest BCUT2D eigenvalue weighted by molar-refractivity contribution is -0.139. The van der Waals surface area contributed by atoms with Crippen molar-refractivity contribution in [3.05, 3.63) is 112 Å². The quantitative estimate of drug-likeness (QED) is 0.197. The molecule has 0 N–H and O–H groups in total. The van der Waals surface area contributed by atoms with Gasteiger partial charge in [0.1, 0.15) is 11.5 Å². The third-order valence-electron chi connectivity index (χ3n) is 6.91. The van der Waals surface area contributed by atoms with Gasteiger partial charge in [-0.15, -0.1) is 0 Å². The highest BCUT2D eigenvalue weighted by atomic mass is 35.5. The predicted octanol–water partition coefficient (Wildman–Crippen LogP) is 7.27. The Morgan fingerprint density at radius 3 is 2.54 bits per heavy atom. The number of hydrogen-bond acceptors (Lipinski definition) is 6. The summed E-state index contributed by atoms with van der Waals surface area (Å²) < 4.78 is 13.6. The molecule has 0 fully saturated rings. The molecule has 3 heterocycles. The summed E-state index contributed by atoms with van der Waals surface area (Å²) in [6, 6.07) is 16.2. The summed E-state index contributed by atoms with van der Waals surface area (Å²) in [7, 11) is 0. The molecular weight excluding hydrogens is 579 g/mol. The fourth-order valence-electron chi connectivity index (χ4n) is 4.89. The number of carbonyl (C=O) groups excluding carboxylic acids is 1. The van der Waals surface area contributed by atoms with Gasteiger partial charge in [0.15, 0.2) is 4.80 Å². The molecule has 0 bridgehead atoms. The lowest BCUT2D eigenvalue weighted by atomic mass is 9.92. The van der Waals surface area contributed by atoms with Crippen molar-refractivity contribution in [3.63, 3.8) is 0 Å². The van der Waals surface area contributed by atoms with Gasteiger partial charge < -0.3 is 9.15 Å². The lowest BCUT2D eigenvalue weighted by Crippen LogP contribution is -2.40. The number of benzene rings is 2. The molecule has 2 aromatic heterocycles. The van der Waals surface area contributed by atoms with Crippen molar-refractivity contribution in [2.24, 2.45) is 4.99 Å². The molecule has 41 heavy (non-hydrogen) atoms. The van der Waals surface area contributed by atoms with Crippen LogP contribution in [0.1, 0.15) is 69.4 Å². The van der Waals surface area contributed by atoms with Gasteiger partial charge in [0.25, 0.3) is 5.56 Å². The van der Waals surface area contributed by atoms with Crippen LogP contribution in [0.5, 0.6) is 0 Å². The first-order valence-corrected chi connectivity index (χ1v) is 15.2. The van der Waals surface area contributed by atoms with Crippen molar-refractivity contribution in [1.29, 1.82) is 0 Å². The molecule has 6 nitrogen and oxygen atoms in total. The maximum absolute atomic E-state index is 14.0. The van der Waals surface area contributed by atoms with E-state index in [1.165, 1.54) is 16.9 Å². The Hall–Kier alpha value is -3.39. The minimum Gasteiger partial charge on any atom is -0.463 e. The predicted molar refractivity (Wildman–Crippen MR) is 164 cm³/mol. The van der Waals surface area contributed by atoms with Crippen LogP contribution in [0.4, 0.5) is 0 Å². The van der Waals surface area contributed by atoms with Gasteiger partial charge in [0.2, 0.25) is 0 Å². The molecule has 1 atom stereocenters. The van der Waals surface area contributed by atoms with Crippen molar-refractivity contribution in [2.75, 3.05) is 6.61 Å². The number of allylic oxidation sites excluding steroid dienone is 1. The molecule has 0 amide bonds. The van der Waals surface area contributed by atoms with Gasteiger partial charge in [-0.2, -0.15) is 0 Å². The summed E-state index contributed by atoms with van der Waals surface area (Å²) in [6.45, 7) is 8.29. The number of halogens is 2. The third kappa shape index (κ3) is 5.85. The zero-order valence-corrected chi connectivity index (χ0v) is 25.6. The molecule has 0 saturated carbocycles. The zero-order chi connectivity index (χ0) is 29.3. The summed E-state index contributed by atoms with van der Waals surface area (Å²) in [5.41, 5.74) is 3.49. The molecule has 1 aliphatic rings. The van der Waals surface area contributed by atoms with Gasteiger partial charge >= 0.3 is 5.97 Å². The molecule has 0 unspecified atom stereocenters. The van der Waals surface area contributed by atoms with E-state index in [1.807, 2.05) is 31.2 Å². The zero-order valence-electron chi connectivity index (χ0n) is 23.2. The maximum atomic E-state index is 14.0. The number of carbonyl (C=O) groups is 1. The summed E-state index contributed by atoms with van der Waals surface area (Å²) in [6.07, 6.45) is 3.07. The van der Waals surface area contributed by atoms with E-state index in [9.17, 15) is 9.59 Å². The molecular formula is C32H30Cl2N2O4S. The third-order valence-corrected chi connectivity index (χ3v) is 8.44. The van der Waals surface area contributed by atoms with Crippen LogP contribution in [0.25, 0.3) is 17.4 Å². The van der Waals surface area contributed by atoms with E-state index in [4.69, 9.17) is 37.3 Å². The molecule has 0 spiro atoms. The van der Waals surface area contributed by atoms with Gasteiger partial charge in [-0.1, -0.05) is 86.0 Å². The van der Waals surface area contributed by atoms with Gasteiger partial charge in [-0.3, -0.25) is 9.36 Å². The molecule has 0 aliphatic carbocycles. The van der Waals surface area contributed by atoms with E-state index < -0.39 is 12.0 Å². The number of ether oxygens (including phenoxy) is 1. The van der Waals surface area contributed by atoms with Crippen LogP contribution in [0.15, 0.2) is 80.1 Å². The van der Waals surface area contributed by atoms with Crippen molar-refractivity contribution in [1.82, 2.24) is 4.57 Å². The van der Waals surface area contributed by atoms with E-state index in [-0.39, 0.29) is 12.2 Å². The monoisotopic (exact) mass is 608 g/mol. The number of fused-ring (bicyclic) bond motifs is 1. The van der Waals surface area contributed by atoms with Crippen LogP contribution < -0.4 is 14.9 Å². The molecule has 2 aromatic carbocycles. The van der Waals surface area contributed by atoms with Crippen molar-refractivity contribution in [3.8, 4) is 11.3 Å². The standard InChI is InChI=1S/C32H30Cl2N2O4S/c1-5-7-25-28(31(38)39-6-2)29(20-10-8-19(9-11-20)18(3)4)36-30(37)27(41-32(36)35-25)17-22-13-15-26(40-22)23-14-12-21(33)16-24(23)34/h8-18,29H,5-7H2,1-4H3/b27-17-/t29-/m0/s1. The summed E-state index contributed by atoms with van der Waals surface area (Å²) >= 11 is 13.7. The molecule has 9 heteroatoms. The molecule has 5 rings (SSSR count). The van der Waals surface area contributed by atoms with Gasteiger partial charge in [-0.25, -0.2) is 9.79 Å². The largest absolute Gasteiger partial charge is 0.463 e. The first-order chi connectivity index (χ1) is 19.7. The molecule has 212 valence electrons. The number of rotatable bonds is 8. The minimum absolute atomic E-state index is 0.226. The number of aromatic nitrogens is 1. The molecule has 1 aliphatic heterocycles. The van der Waals surface area contributed by atoms with Gasteiger partial charge in [0, 0.05) is 16.7 Å². The van der Waals surface area contributed by atoms with E-state index in [0.717, 1.165) is 12.0 Å².